The smallest absolute Gasteiger partial charge is 0.151 e. The van der Waals surface area contributed by atoms with E-state index >= 15 is 0 Å². The maximum Gasteiger partial charge on any atom is 0.151 e. The third-order valence-electron chi connectivity index (χ3n) is 5.06. The van der Waals surface area contributed by atoms with E-state index in [0.717, 1.165) is 49.6 Å². The molecule has 0 unspecified atom stereocenters. The summed E-state index contributed by atoms with van der Waals surface area (Å²) in [5, 5.41) is 13.1. The summed E-state index contributed by atoms with van der Waals surface area (Å²) in [5.41, 5.74) is 2.97. The monoisotopic (exact) mass is 351 g/mol. The third kappa shape index (κ3) is 3.45. The van der Waals surface area contributed by atoms with E-state index in [9.17, 15) is 4.39 Å². The summed E-state index contributed by atoms with van der Waals surface area (Å²) >= 11 is 0. The Bertz CT molecular complexity index is 849. The van der Waals surface area contributed by atoms with Gasteiger partial charge in [-0.25, -0.2) is 4.39 Å². The fraction of sp³-hybridized carbons (Fsp3) is 0.350. The van der Waals surface area contributed by atoms with E-state index in [1.165, 1.54) is 17.7 Å². The third-order valence-corrected chi connectivity index (χ3v) is 5.06. The van der Waals surface area contributed by atoms with Crippen LogP contribution in [0.25, 0.3) is 11.3 Å². The average molecular weight is 351 g/mol. The maximum atomic E-state index is 13.0. The molecule has 0 amide bonds. The lowest BCUT2D eigenvalue weighted by Gasteiger charge is -2.32. The molecule has 1 aliphatic rings. The van der Waals surface area contributed by atoms with E-state index in [0.29, 0.717) is 5.92 Å². The lowest BCUT2D eigenvalue weighted by atomic mass is 9.91. The quantitative estimate of drug-likeness (QED) is 0.716. The number of nitrogens with zero attached hydrogens (tertiary/aromatic N) is 5. The van der Waals surface area contributed by atoms with Gasteiger partial charge in [-0.3, -0.25) is 4.68 Å². The van der Waals surface area contributed by atoms with Gasteiger partial charge in [-0.1, -0.05) is 0 Å². The van der Waals surface area contributed by atoms with E-state index in [2.05, 4.69) is 33.3 Å². The zero-order valence-corrected chi connectivity index (χ0v) is 14.8. The first-order valence-electron chi connectivity index (χ1n) is 9.10. The van der Waals surface area contributed by atoms with Crippen LogP contribution in [0.5, 0.6) is 0 Å². The zero-order valence-electron chi connectivity index (χ0n) is 14.8. The number of hydrogen-bond acceptors (Lipinski definition) is 4. The van der Waals surface area contributed by atoms with Crippen molar-refractivity contribution >= 4 is 5.82 Å². The Labute approximate surface area is 152 Å². The molecule has 0 aliphatic carbocycles. The maximum absolute atomic E-state index is 13.0. The van der Waals surface area contributed by atoms with Crippen LogP contribution in [0.2, 0.25) is 0 Å². The summed E-state index contributed by atoms with van der Waals surface area (Å²) in [5.74, 6) is 1.22. The molecule has 0 spiro atoms. The van der Waals surface area contributed by atoms with E-state index in [1.807, 2.05) is 23.0 Å². The molecule has 0 atom stereocenters. The lowest BCUT2D eigenvalue weighted by molar-refractivity contribution is 0.501. The number of aryl methyl sites for hydroxylation is 1. The normalized spacial score (nSPS) is 15.4. The molecule has 0 N–H and O–H groups in total. The molecule has 5 nitrogen and oxygen atoms in total. The van der Waals surface area contributed by atoms with Crippen molar-refractivity contribution < 1.29 is 4.39 Å². The van der Waals surface area contributed by atoms with Crippen molar-refractivity contribution in [2.24, 2.45) is 0 Å². The molecule has 6 heteroatoms. The van der Waals surface area contributed by atoms with Gasteiger partial charge in [-0.15, -0.1) is 10.2 Å². The van der Waals surface area contributed by atoms with E-state index < -0.39 is 0 Å². The number of halogens is 1. The first kappa shape index (κ1) is 16.7. The number of benzene rings is 1. The number of rotatable bonds is 4. The molecule has 1 aliphatic heterocycles. The molecule has 1 saturated heterocycles. The Morgan fingerprint density at radius 3 is 2.42 bits per heavy atom. The summed E-state index contributed by atoms with van der Waals surface area (Å²) in [6, 6.07) is 10.3. The van der Waals surface area contributed by atoms with Crippen molar-refractivity contribution in [3.05, 3.63) is 60.2 Å². The minimum absolute atomic E-state index is 0.245. The van der Waals surface area contributed by atoms with Crippen LogP contribution in [0.4, 0.5) is 10.2 Å². The lowest BCUT2D eigenvalue weighted by Crippen LogP contribution is -2.33. The number of hydrogen-bond donors (Lipinski definition) is 0. The zero-order chi connectivity index (χ0) is 17.9. The van der Waals surface area contributed by atoms with Crippen LogP contribution in [0.15, 0.2) is 48.8 Å². The Morgan fingerprint density at radius 2 is 1.81 bits per heavy atom. The van der Waals surface area contributed by atoms with Gasteiger partial charge in [0.05, 0.1) is 11.9 Å². The van der Waals surface area contributed by atoms with Crippen LogP contribution in [0, 0.1) is 5.82 Å². The molecule has 1 fully saturated rings. The van der Waals surface area contributed by atoms with Crippen molar-refractivity contribution in [3.63, 3.8) is 0 Å². The molecule has 0 saturated carbocycles. The highest BCUT2D eigenvalue weighted by atomic mass is 19.1. The van der Waals surface area contributed by atoms with Crippen molar-refractivity contribution in [1.82, 2.24) is 20.0 Å². The molecule has 3 aromatic rings. The summed E-state index contributed by atoms with van der Waals surface area (Å²) in [4.78, 5) is 2.28. The molecular formula is C20H22FN5. The van der Waals surface area contributed by atoms with Crippen molar-refractivity contribution in [1.29, 1.82) is 0 Å². The molecule has 3 heterocycles. The Balaban J connectivity index is 1.40. The summed E-state index contributed by atoms with van der Waals surface area (Å²) in [7, 11) is 0. The minimum atomic E-state index is -0.245. The van der Waals surface area contributed by atoms with Crippen molar-refractivity contribution in [2.75, 3.05) is 18.0 Å². The van der Waals surface area contributed by atoms with Gasteiger partial charge in [0.2, 0.25) is 0 Å². The van der Waals surface area contributed by atoms with Crippen LogP contribution in [-0.2, 0) is 6.54 Å². The van der Waals surface area contributed by atoms with Gasteiger partial charge in [-0.2, -0.15) is 5.10 Å². The van der Waals surface area contributed by atoms with Crippen molar-refractivity contribution in [3.8, 4) is 11.3 Å². The highest BCUT2D eigenvalue weighted by Crippen LogP contribution is 2.29. The van der Waals surface area contributed by atoms with Crippen LogP contribution < -0.4 is 4.90 Å². The van der Waals surface area contributed by atoms with Gasteiger partial charge in [-0.05, 0) is 67.6 Å². The van der Waals surface area contributed by atoms with E-state index in [-0.39, 0.29) is 5.82 Å². The predicted molar refractivity (Wildman–Crippen MR) is 99.5 cm³/mol. The topological polar surface area (TPSA) is 46.8 Å². The van der Waals surface area contributed by atoms with Gasteiger partial charge in [0.15, 0.2) is 5.82 Å². The first-order valence-corrected chi connectivity index (χ1v) is 9.10. The Morgan fingerprint density at radius 1 is 1.04 bits per heavy atom. The van der Waals surface area contributed by atoms with Gasteiger partial charge in [0.1, 0.15) is 5.82 Å². The molecule has 26 heavy (non-hydrogen) atoms. The molecular weight excluding hydrogens is 329 g/mol. The predicted octanol–water partition coefficient (Wildman–Crippen LogP) is 3.88. The van der Waals surface area contributed by atoms with Crippen LogP contribution in [0.3, 0.4) is 0 Å². The van der Waals surface area contributed by atoms with Gasteiger partial charge in [0, 0.05) is 31.4 Å². The number of aromatic nitrogens is 4. The fourth-order valence-electron chi connectivity index (χ4n) is 3.47. The minimum Gasteiger partial charge on any atom is -0.355 e. The molecule has 1 aromatic carbocycles. The molecule has 0 radical (unpaired) electrons. The van der Waals surface area contributed by atoms with E-state index in [1.54, 1.807) is 12.1 Å². The fourth-order valence-corrected chi connectivity index (χ4v) is 3.47. The highest BCUT2D eigenvalue weighted by Gasteiger charge is 2.22. The second-order valence-electron chi connectivity index (χ2n) is 6.67. The van der Waals surface area contributed by atoms with Crippen LogP contribution >= 0.6 is 0 Å². The van der Waals surface area contributed by atoms with E-state index in [4.69, 9.17) is 0 Å². The SMILES string of the molecule is CCn1cc(C2CCN(c3ccc(-c4ccc(F)cc4)nn3)CC2)cn1. The van der Waals surface area contributed by atoms with Crippen LogP contribution in [-0.4, -0.2) is 33.1 Å². The largest absolute Gasteiger partial charge is 0.355 e. The summed E-state index contributed by atoms with van der Waals surface area (Å²) in [6.45, 7) is 4.95. The van der Waals surface area contributed by atoms with Gasteiger partial charge >= 0.3 is 0 Å². The Kier molecular flexibility index (Phi) is 4.65. The van der Waals surface area contributed by atoms with Gasteiger partial charge in [0.25, 0.3) is 0 Å². The van der Waals surface area contributed by atoms with Gasteiger partial charge < -0.3 is 4.90 Å². The highest BCUT2D eigenvalue weighted by molar-refractivity contribution is 5.59. The average Bonchev–Trinajstić information content (AvgIpc) is 3.18. The first-order chi connectivity index (χ1) is 12.7. The van der Waals surface area contributed by atoms with Crippen LogP contribution in [0.1, 0.15) is 31.2 Å². The molecule has 2 aromatic heterocycles. The second-order valence-corrected chi connectivity index (χ2v) is 6.67. The Hall–Kier alpha value is -2.76. The molecule has 0 bridgehead atoms. The summed E-state index contributed by atoms with van der Waals surface area (Å²) < 4.78 is 15.0. The number of piperidine rings is 1. The summed E-state index contributed by atoms with van der Waals surface area (Å²) in [6.07, 6.45) is 6.35. The number of anilines is 1. The second kappa shape index (κ2) is 7.23. The standard InChI is InChI=1S/C20H22FN5/c1-2-26-14-17(13-22-26)15-9-11-25(12-10-15)20-8-7-19(23-24-20)16-3-5-18(21)6-4-16/h3-8,13-15H,2,9-12H2,1H3. The van der Waals surface area contributed by atoms with Crippen molar-refractivity contribution in [2.45, 2.75) is 32.2 Å². The molecule has 134 valence electrons. The molecule has 4 rings (SSSR count).